The molecule has 1 aliphatic heterocycles. The Balaban J connectivity index is 0.00000162. The van der Waals surface area contributed by atoms with E-state index in [0.717, 1.165) is 10.8 Å². The topological polar surface area (TPSA) is 84.3 Å². The summed E-state index contributed by atoms with van der Waals surface area (Å²) in [5, 5.41) is 9.73. The van der Waals surface area contributed by atoms with Crippen molar-refractivity contribution < 1.29 is 58.3 Å². The van der Waals surface area contributed by atoms with Crippen LogP contribution in [0.5, 0.6) is 0 Å². The van der Waals surface area contributed by atoms with Crippen LogP contribution in [0.2, 0.25) is 0 Å². The molecule has 1 radical (unpaired) electrons. The maximum absolute atomic E-state index is 13.1. The summed E-state index contributed by atoms with van der Waals surface area (Å²) in [4.78, 5) is 24.2. The maximum atomic E-state index is 13.1. The molecule has 8 heteroatoms. The summed E-state index contributed by atoms with van der Waals surface area (Å²) in [6.45, 7) is 1.88. The predicted molar refractivity (Wildman–Crippen MR) is 56.1 cm³/mol. The van der Waals surface area contributed by atoms with Crippen molar-refractivity contribution >= 4 is 0 Å². The first-order valence-corrected chi connectivity index (χ1v) is 5.37. The van der Waals surface area contributed by atoms with E-state index < -0.39 is 29.4 Å². The number of hydrogen-bond acceptors (Lipinski definition) is 4. The van der Waals surface area contributed by atoms with E-state index in [1.54, 1.807) is 0 Å². The van der Waals surface area contributed by atoms with Crippen LogP contribution < -0.4 is 11.2 Å². The first-order chi connectivity index (χ1) is 8.02. The Morgan fingerprint density at radius 3 is 2.83 bits per heavy atom. The van der Waals surface area contributed by atoms with Gasteiger partial charge in [0.25, 0.3) is 5.56 Å². The van der Waals surface area contributed by atoms with Crippen LogP contribution in [0.15, 0.2) is 15.8 Å². The standard InChI is InChI=1S/C10H13FN2O4.Ac/c1-2-5-3-7(14)9(17-5)13-4-6(11)8(15)12-10(13)16;/h4-5,7,9,14H,2-3H2,1H3,(H,12,15,16);. The number of rotatable bonds is 2. The third-order valence-electron chi connectivity index (χ3n) is 2.82. The number of ether oxygens (including phenoxy) is 1. The Kier molecular flexibility index (Phi) is 5.71. The van der Waals surface area contributed by atoms with Crippen molar-refractivity contribution in [2.45, 2.75) is 38.2 Å². The minimum atomic E-state index is -1.08. The molecule has 6 nitrogen and oxygen atoms in total. The molecule has 97 valence electrons. The van der Waals surface area contributed by atoms with E-state index in [-0.39, 0.29) is 50.2 Å². The molecule has 0 saturated carbocycles. The molecular weight excluding hydrogens is 458 g/mol. The molecule has 1 aromatic rings. The van der Waals surface area contributed by atoms with Gasteiger partial charge in [-0.15, -0.1) is 0 Å². The summed E-state index contributed by atoms with van der Waals surface area (Å²) in [5.41, 5.74) is -1.87. The number of aromatic amines is 1. The first-order valence-electron chi connectivity index (χ1n) is 5.37. The van der Waals surface area contributed by atoms with Crippen LogP contribution in [-0.2, 0) is 4.74 Å². The fourth-order valence-corrected chi connectivity index (χ4v) is 1.89. The van der Waals surface area contributed by atoms with Crippen LogP contribution >= 0.6 is 0 Å². The summed E-state index contributed by atoms with van der Waals surface area (Å²) in [6, 6.07) is 0. The molecule has 3 unspecified atom stereocenters. The molecule has 0 bridgehead atoms. The van der Waals surface area contributed by atoms with E-state index >= 15 is 0 Å². The summed E-state index contributed by atoms with van der Waals surface area (Å²) in [5.74, 6) is -1.08. The smallest absolute Gasteiger partial charge is 0.330 e. The van der Waals surface area contributed by atoms with Crippen molar-refractivity contribution in [2.75, 3.05) is 0 Å². The third-order valence-corrected chi connectivity index (χ3v) is 2.82. The van der Waals surface area contributed by atoms with Crippen LogP contribution in [0.3, 0.4) is 0 Å². The fraction of sp³-hybridized carbons (Fsp3) is 0.600. The molecule has 1 aromatic heterocycles. The minimum absolute atomic E-state index is 0. The number of H-pyrrole nitrogens is 1. The molecule has 1 fully saturated rings. The van der Waals surface area contributed by atoms with Gasteiger partial charge in [-0.05, 0) is 6.42 Å². The number of nitrogens with zero attached hydrogens (tertiary/aromatic N) is 1. The SMILES string of the molecule is CCC1CC(O)C(n2cc(F)c(=O)[nH]c2=O)O1.[Ac]. The molecule has 0 aromatic carbocycles. The fourth-order valence-electron chi connectivity index (χ4n) is 1.89. The van der Waals surface area contributed by atoms with Crippen molar-refractivity contribution in [3.05, 3.63) is 32.9 Å². The Morgan fingerprint density at radius 2 is 2.28 bits per heavy atom. The number of aliphatic hydroxyl groups excluding tert-OH is 1. The first kappa shape index (κ1) is 16.0. The molecular formula is C10H13AcFN2O4. The average Bonchev–Trinajstić information content (AvgIpc) is 2.65. The van der Waals surface area contributed by atoms with Crippen molar-refractivity contribution in [1.82, 2.24) is 9.55 Å². The van der Waals surface area contributed by atoms with Gasteiger partial charge in [0, 0.05) is 50.5 Å². The monoisotopic (exact) mass is 471 g/mol. The van der Waals surface area contributed by atoms with E-state index in [0.29, 0.717) is 12.8 Å². The van der Waals surface area contributed by atoms with Gasteiger partial charge in [0.1, 0.15) is 6.10 Å². The zero-order valence-electron chi connectivity index (χ0n) is 9.80. The van der Waals surface area contributed by atoms with Crippen LogP contribution in [0.4, 0.5) is 4.39 Å². The average molecular weight is 471 g/mol. The number of halogens is 1. The van der Waals surface area contributed by atoms with Gasteiger partial charge in [-0.2, -0.15) is 4.39 Å². The van der Waals surface area contributed by atoms with Crippen LogP contribution in [0.1, 0.15) is 26.0 Å². The van der Waals surface area contributed by atoms with Gasteiger partial charge >= 0.3 is 5.69 Å². The van der Waals surface area contributed by atoms with Gasteiger partial charge in [0.05, 0.1) is 12.3 Å². The van der Waals surface area contributed by atoms with Crippen molar-refractivity contribution in [1.29, 1.82) is 0 Å². The van der Waals surface area contributed by atoms with Crippen molar-refractivity contribution in [3.8, 4) is 0 Å². The van der Waals surface area contributed by atoms with Crippen LogP contribution in [-0.4, -0.2) is 26.9 Å². The largest absolute Gasteiger partial charge is 0.388 e. The van der Waals surface area contributed by atoms with Gasteiger partial charge in [0.2, 0.25) is 5.82 Å². The number of aliphatic hydroxyl groups is 1. The summed E-state index contributed by atoms with van der Waals surface area (Å²) < 4.78 is 19.4. The van der Waals surface area contributed by atoms with Gasteiger partial charge in [-0.25, -0.2) is 4.79 Å². The zero-order chi connectivity index (χ0) is 12.6. The van der Waals surface area contributed by atoms with E-state index in [9.17, 15) is 19.1 Å². The second-order valence-corrected chi connectivity index (χ2v) is 4.00. The van der Waals surface area contributed by atoms with Crippen molar-refractivity contribution in [3.63, 3.8) is 0 Å². The summed E-state index contributed by atoms with van der Waals surface area (Å²) in [6.07, 6.45) is -0.172. The molecule has 0 spiro atoms. The van der Waals surface area contributed by atoms with Crippen LogP contribution in [0.25, 0.3) is 0 Å². The molecule has 3 atom stereocenters. The Hall–Kier alpha value is -0.0284. The molecule has 2 rings (SSSR count). The number of hydrogen-bond donors (Lipinski definition) is 2. The Labute approximate surface area is 138 Å². The molecule has 2 N–H and O–H groups in total. The second kappa shape index (κ2) is 6.42. The zero-order valence-corrected chi connectivity index (χ0v) is 14.5. The number of aromatic nitrogens is 2. The van der Waals surface area contributed by atoms with Crippen LogP contribution in [0, 0.1) is 49.9 Å². The maximum Gasteiger partial charge on any atom is 0.330 e. The quantitative estimate of drug-likeness (QED) is 0.623. The van der Waals surface area contributed by atoms with Gasteiger partial charge in [-0.3, -0.25) is 14.3 Å². The molecule has 0 aliphatic carbocycles. The minimum Gasteiger partial charge on any atom is -0.388 e. The Bertz CT molecular complexity index is 529. The number of nitrogens with one attached hydrogen (secondary N) is 1. The predicted octanol–water partition coefficient (Wildman–Crippen LogP) is -0.266. The third kappa shape index (κ3) is 3.10. The van der Waals surface area contributed by atoms with E-state index in [2.05, 4.69) is 0 Å². The summed E-state index contributed by atoms with van der Waals surface area (Å²) >= 11 is 0. The molecule has 2 heterocycles. The second-order valence-electron chi connectivity index (χ2n) is 4.00. The molecule has 0 amide bonds. The van der Waals surface area contributed by atoms with Crippen molar-refractivity contribution in [2.24, 2.45) is 0 Å². The van der Waals surface area contributed by atoms with E-state index in [1.807, 2.05) is 11.9 Å². The van der Waals surface area contributed by atoms with Gasteiger partial charge < -0.3 is 9.84 Å². The van der Waals surface area contributed by atoms with E-state index in [1.165, 1.54) is 0 Å². The van der Waals surface area contributed by atoms with Gasteiger partial charge in [-0.1, -0.05) is 6.92 Å². The molecule has 18 heavy (non-hydrogen) atoms. The normalized spacial score (nSPS) is 26.9. The molecule has 1 saturated heterocycles. The Morgan fingerprint density at radius 1 is 1.61 bits per heavy atom. The molecule has 1 aliphatic rings. The van der Waals surface area contributed by atoms with E-state index in [4.69, 9.17) is 4.74 Å². The summed E-state index contributed by atoms with van der Waals surface area (Å²) in [7, 11) is 0. The van der Waals surface area contributed by atoms with Gasteiger partial charge in [0.15, 0.2) is 6.23 Å².